The van der Waals surface area contributed by atoms with Gasteiger partial charge in [-0.05, 0) is 93.7 Å². The Morgan fingerprint density at radius 1 is 0.902 bits per heavy atom. The summed E-state index contributed by atoms with van der Waals surface area (Å²) in [6.45, 7) is 16.4. The third-order valence-corrected chi connectivity index (χ3v) is 11.8. The Kier molecular flexibility index (Phi) is 16.2. The second-order valence-corrected chi connectivity index (χ2v) is 16.8. The summed E-state index contributed by atoms with van der Waals surface area (Å²) in [4.78, 5) is 38.5. The zero-order valence-electron chi connectivity index (χ0n) is 33.0. The summed E-state index contributed by atoms with van der Waals surface area (Å²) in [6.07, 6.45) is 5.97. The summed E-state index contributed by atoms with van der Waals surface area (Å²) in [6, 6.07) is 18.1. The van der Waals surface area contributed by atoms with E-state index in [1.807, 2.05) is 25.1 Å². The quantitative estimate of drug-likeness (QED) is 0.143. The van der Waals surface area contributed by atoms with Gasteiger partial charge in [-0.2, -0.15) is 0 Å². The van der Waals surface area contributed by atoms with Gasteiger partial charge in [0, 0.05) is 40.9 Å². The lowest BCUT2D eigenvalue weighted by Crippen LogP contribution is -2.48. The zero-order chi connectivity index (χ0) is 37.8. The Morgan fingerprint density at radius 2 is 1.53 bits per heavy atom. The van der Waals surface area contributed by atoms with Gasteiger partial charge in [0.05, 0.1) is 47.3 Å². The number of rotatable bonds is 22. The van der Waals surface area contributed by atoms with E-state index in [0.717, 1.165) is 67.4 Å². The average molecular weight is 706 g/mol. The van der Waals surface area contributed by atoms with E-state index in [4.69, 9.17) is 5.73 Å². The Morgan fingerprint density at radius 3 is 2.06 bits per heavy atom. The number of hydrogen-bond acceptors (Lipinski definition) is 4. The summed E-state index contributed by atoms with van der Waals surface area (Å²) >= 11 is 0. The first-order chi connectivity index (χ1) is 24.1. The molecule has 51 heavy (non-hydrogen) atoms. The minimum absolute atomic E-state index is 0.0269. The molecule has 8 nitrogen and oxygen atoms in total. The van der Waals surface area contributed by atoms with Crippen molar-refractivity contribution in [2.45, 2.75) is 104 Å². The van der Waals surface area contributed by atoms with Gasteiger partial charge in [-0.25, -0.2) is 0 Å². The summed E-state index contributed by atoms with van der Waals surface area (Å²) < 4.78 is 1.97. The molecule has 2 aromatic carbocycles. The van der Waals surface area contributed by atoms with E-state index in [1.54, 1.807) is 12.1 Å². The molecule has 0 bridgehead atoms. The number of carboxylic acid groups (broad SMARTS) is 1. The molecule has 0 aliphatic heterocycles. The van der Waals surface area contributed by atoms with E-state index in [2.05, 4.69) is 78.4 Å². The number of amides is 2. The molecule has 8 heteroatoms. The summed E-state index contributed by atoms with van der Waals surface area (Å²) in [7, 11) is 6.90. The Balaban J connectivity index is 1.99. The predicted octanol–water partition coefficient (Wildman–Crippen LogP) is 6.14. The van der Waals surface area contributed by atoms with E-state index in [0.29, 0.717) is 30.7 Å². The van der Waals surface area contributed by atoms with Crippen LogP contribution in [0.2, 0.25) is 0 Å². The SMILES string of the molecule is CCC[N+](C)(CCC)CC(C)CC(CC1CC(NC(=O)c2ccccc2)CC1C(CC(CC)C(N)=O)C(=O)[O-])c1ccc(C[N+](C)(C)CC)cc1. The summed E-state index contributed by atoms with van der Waals surface area (Å²) in [5, 5.41) is 16.1. The van der Waals surface area contributed by atoms with Crippen molar-refractivity contribution in [3.8, 4) is 0 Å². The minimum atomic E-state index is -1.13. The Hall–Kier alpha value is -3.23. The Labute approximate surface area is 309 Å². The summed E-state index contributed by atoms with van der Waals surface area (Å²) in [5.41, 5.74) is 8.93. The maximum absolute atomic E-state index is 13.3. The fourth-order valence-corrected chi connectivity index (χ4v) is 9.06. The topological polar surface area (TPSA) is 112 Å². The molecule has 1 aliphatic rings. The van der Waals surface area contributed by atoms with Gasteiger partial charge in [0.1, 0.15) is 6.54 Å². The number of nitrogens with one attached hydrogen (secondary N) is 1. The fourth-order valence-electron chi connectivity index (χ4n) is 9.06. The maximum atomic E-state index is 13.3. The molecule has 2 amide bonds. The van der Waals surface area contributed by atoms with Crippen LogP contribution in [0.5, 0.6) is 0 Å². The van der Waals surface area contributed by atoms with Crippen LogP contribution in [0.3, 0.4) is 0 Å². The average Bonchev–Trinajstić information content (AvgIpc) is 3.46. The maximum Gasteiger partial charge on any atom is 0.251 e. The van der Waals surface area contributed by atoms with Crippen molar-refractivity contribution in [2.75, 3.05) is 47.3 Å². The molecule has 0 saturated heterocycles. The van der Waals surface area contributed by atoms with Gasteiger partial charge in [0.25, 0.3) is 5.91 Å². The minimum Gasteiger partial charge on any atom is -0.550 e. The van der Waals surface area contributed by atoms with Gasteiger partial charge in [0.15, 0.2) is 0 Å². The molecule has 1 saturated carbocycles. The van der Waals surface area contributed by atoms with Gasteiger partial charge >= 0.3 is 0 Å². The van der Waals surface area contributed by atoms with Crippen LogP contribution in [0, 0.1) is 29.6 Å². The Bertz CT molecular complexity index is 1370. The third-order valence-electron chi connectivity index (χ3n) is 11.8. The molecule has 3 rings (SSSR count). The molecule has 0 aromatic heterocycles. The highest BCUT2D eigenvalue weighted by Crippen LogP contribution is 2.46. The number of carbonyl (C=O) groups excluding carboxylic acids is 3. The van der Waals surface area contributed by atoms with Crippen molar-refractivity contribution >= 4 is 17.8 Å². The molecule has 0 spiro atoms. The van der Waals surface area contributed by atoms with Crippen molar-refractivity contribution in [2.24, 2.45) is 35.3 Å². The number of nitrogens with two attached hydrogens (primary N) is 1. The van der Waals surface area contributed by atoms with Crippen molar-refractivity contribution in [1.29, 1.82) is 0 Å². The van der Waals surface area contributed by atoms with Crippen LogP contribution in [0.4, 0.5) is 0 Å². The predicted molar refractivity (Wildman–Crippen MR) is 205 cm³/mol. The highest BCUT2D eigenvalue weighted by Gasteiger charge is 2.42. The normalized spacial score (nSPS) is 20.4. The number of carbonyl (C=O) groups is 3. The van der Waals surface area contributed by atoms with E-state index >= 15 is 0 Å². The van der Waals surface area contributed by atoms with Crippen LogP contribution >= 0.6 is 0 Å². The largest absolute Gasteiger partial charge is 0.550 e. The van der Waals surface area contributed by atoms with Crippen LogP contribution in [0.1, 0.15) is 113 Å². The smallest absolute Gasteiger partial charge is 0.251 e. The van der Waals surface area contributed by atoms with E-state index in [9.17, 15) is 19.5 Å². The van der Waals surface area contributed by atoms with Gasteiger partial charge in [-0.15, -0.1) is 0 Å². The number of benzene rings is 2. The molecule has 3 N–H and O–H groups in total. The van der Waals surface area contributed by atoms with Crippen molar-refractivity contribution in [3.05, 3.63) is 71.3 Å². The molecule has 7 unspecified atom stereocenters. The second kappa shape index (κ2) is 19.6. The molecule has 7 atom stereocenters. The number of aliphatic carboxylic acids is 1. The number of quaternary nitrogens is 2. The van der Waals surface area contributed by atoms with Gasteiger partial charge < -0.3 is 29.9 Å². The lowest BCUT2D eigenvalue weighted by atomic mass is 9.73. The van der Waals surface area contributed by atoms with Crippen LogP contribution < -0.4 is 16.2 Å². The van der Waals surface area contributed by atoms with Crippen molar-refractivity contribution in [3.63, 3.8) is 0 Å². The van der Waals surface area contributed by atoms with Crippen molar-refractivity contribution in [1.82, 2.24) is 5.32 Å². The van der Waals surface area contributed by atoms with Crippen LogP contribution in [-0.2, 0) is 16.1 Å². The molecular formula is C43H69N4O4+. The highest BCUT2D eigenvalue weighted by atomic mass is 16.4. The second-order valence-electron chi connectivity index (χ2n) is 16.8. The number of nitrogens with zero attached hydrogens (tertiary/aromatic N) is 2. The van der Waals surface area contributed by atoms with Crippen LogP contribution in [0.25, 0.3) is 0 Å². The first kappa shape index (κ1) is 42.2. The standard InChI is InChI=1S/C43H68N4O4/c1-9-22-47(8,23-10-2)29-31(5)24-36(34-20-18-32(19-21-34)30-46(6,7)12-4)25-37-26-38(45-42(49)35-16-14-13-15-17-35)28-39(37)40(43(50)51)27-33(11-3)41(44)48/h13-21,31,33,36-40H,9-12,22-30H2,1-8H3,(H2-2,44,45,48,49,50,51)/p+1. The first-order valence-electron chi connectivity index (χ1n) is 19.7. The van der Waals surface area contributed by atoms with E-state index in [-0.39, 0.29) is 36.1 Å². The van der Waals surface area contributed by atoms with Gasteiger partial charge in [-0.1, -0.05) is 70.2 Å². The fraction of sp³-hybridized carbons (Fsp3) is 0.651. The lowest BCUT2D eigenvalue weighted by Gasteiger charge is -2.38. The molecule has 284 valence electrons. The zero-order valence-corrected chi connectivity index (χ0v) is 33.0. The van der Waals surface area contributed by atoms with Crippen molar-refractivity contribution < 1.29 is 28.5 Å². The molecule has 0 heterocycles. The summed E-state index contributed by atoms with van der Waals surface area (Å²) in [5.74, 6) is -2.64. The highest BCUT2D eigenvalue weighted by molar-refractivity contribution is 5.94. The third kappa shape index (κ3) is 12.7. The van der Waals surface area contributed by atoms with E-state index in [1.165, 1.54) is 11.1 Å². The first-order valence-corrected chi connectivity index (χ1v) is 19.7. The number of hydrogen-bond donors (Lipinski definition) is 2. The van der Waals surface area contributed by atoms with Crippen LogP contribution in [-0.4, -0.2) is 80.1 Å². The van der Waals surface area contributed by atoms with Gasteiger partial charge in [-0.3, -0.25) is 9.59 Å². The monoisotopic (exact) mass is 706 g/mol. The molecule has 2 aromatic rings. The molecule has 0 radical (unpaired) electrons. The van der Waals surface area contributed by atoms with Gasteiger partial charge in [0.2, 0.25) is 5.91 Å². The number of primary amides is 1. The number of carboxylic acids is 1. The molecule has 1 fully saturated rings. The van der Waals surface area contributed by atoms with Crippen LogP contribution in [0.15, 0.2) is 54.6 Å². The lowest BCUT2D eigenvalue weighted by molar-refractivity contribution is -0.912. The molecule has 1 aliphatic carbocycles. The van der Waals surface area contributed by atoms with E-state index < -0.39 is 23.7 Å². The molecular weight excluding hydrogens is 636 g/mol.